The molecular formula is C25H21ClFN5O3S. The van der Waals surface area contributed by atoms with Crippen LogP contribution in [0.25, 0.3) is 17.1 Å². The molecule has 0 saturated carbocycles. The molecule has 0 saturated heterocycles. The average Bonchev–Trinajstić information content (AvgIpc) is 3.33. The number of hydrogen-bond donors (Lipinski definition) is 1. The van der Waals surface area contributed by atoms with Gasteiger partial charge in [0.2, 0.25) is 0 Å². The van der Waals surface area contributed by atoms with E-state index in [4.69, 9.17) is 21.1 Å². The summed E-state index contributed by atoms with van der Waals surface area (Å²) in [5.74, 6) is 1.08. The van der Waals surface area contributed by atoms with E-state index >= 15 is 0 Å². The van der Waals surface area contributed by atoms with Crippen molar-refractivity contribution in [3.63, 3.8) is 0 Å². The highest BCUT2D eigenvalue weighted by Gasteiger charge is 2.17. The fraction of sp³-hybridized carbons (Fsp3) is 0.120. The van der Waals surface area contributed by atoms with E-state index in [-0.39, 0.29) is 16.3 Å². The summed E-state index contributed by atoms with van der Waals surface area (Å²) >= 11 is 7.15. The molecule has 0 spiro atoms. The van der Waals surface area contributed by atoms with E-state index in [2.05, 4.69) is 20.7 Å². The summed E-state index contributed by atoms with van der Waals surface area (Å²) in [7, 11) is 3.20. The van der Waals surface area contributed by atoms with Gasteiger partial charge in [0.15, 0.2) is 11.0 Å². The maximum atomic E-state index is 13.9. The van der Waals surface area contributed by atoms with Crippen molar-refractivity contribution in [3.8, 4) is 28.6 Å². The Hall–Kier alpha value is -3.89. The van der Waals surface area contributed by atoms with Gasteiger partial charge in [-0.05, 0) is 60.7 Å². The number of nitrogens with zero attached hydrogens (tertiary/aromatic N) is 4. The van der Waals surface area contributed by atoms with Crippen LogP contribution in [0.1, 0.15) is 5.56 Å². The molecule has 1 heterocycles. The molecule has 36 heavy (non-hydrogen) atoms. The monoisotopic (exact) mass is 525 g/mol. The lowest BCUT2D eigenvalue weighted by Gasteiger charge is -2.11. The van der Waals surface area contributed by atoms with Gasteiger partial charge in [-0.15, -0.1) is 10.2 Å². The maximum absolute atomic E-state index is 13.9. The van der Waals surface area contributed by atoms with Crippen LogP contribution in [0.5, 0.6) is 11.5 Å². The van der Waals surface area contributed by atoms with Gasteiger partial charge in [0.1, 0.15) is 17.3 Å². The Kier molecular flexibility index (Phi) is 8.19. The molecule has 0 unspecified atom stereocenters. The van der Waals surface area contributed by atoms with Crippen LogP contribution in [0, 0.1) is 5.82 Å². The number of thioether (sulfide) groups is 1. The van der Waals surface area contributed by atoms with Crippen LogP contribution >= 0.6 is 23.4 Å². The van der Waals surface area contributed by atoms with Gasteiger partial charge < -0.3 is 9.47 Å². The minimum absolute atomic E-state index is 0.000749. The molecule has 184 valence electrons. The molecule has 8 nitrogen and oxygen atoms in total. The van der Waals surface area contributed by atoms with E-state index in [9.17, 15) is 9.18 Å². The zero-order valence-corrected chi connectivity index (χ0v) is 20.9. The average molecular weight is 526 g/mol. The number of ether oxygens (including phenoxy) is 2. The SMILES string of the molecule is COc1ccc(-c2nnc(SCC(=O)N/N=C/c3c(F)cccc3Cl)n2-c2ccc(OC)cc2)cc1. The summed E-state index contributed by atoms with van der Waals surface area (Å²) in [5, 5.41) is 13.2. The van der Waals surface area contributed by atoms with E-state index in [0.29, 0.717) is 16.7 Å². The molecule has 0 aliphatic carbocycles. The molecule has 4 rings (SSSR count). The number of halogens is 2. The lowest BCUT2D eigenvalue weighted by Crippen LogP contribution is -2.20. The third-order valence-electron chi connectivity index (χ3n) is 5.03. The quantitative estimate of drug-likeness (QED) is 0.188. The smallest absolute Gasteiger partial charge is 0.250 e. The van der Waals surface area contributed by atoms with Crippen LogP contribution in [0.15, 0.2) is 77.0 Å². The first-order valence-electron chi connectivity index (χ1n) is 10.6. The highest BCUT2D eigenvalue weighted by Crippen LogP contribution is 2.29. The second-order valence-electron chi connectivity index (χ2n) is 7.29. The number of methoxy groups -OCH3 is 2. The second kappa shape index (κ2) is 11.7. The van der Waals surface area contributed by atoms with Crippen LogP contribution in [-0.4, -0.2) is 46.9 Å². The Morgan fingerprint density at radius 1 is 1.06 bits per heavy atom. The van der Waals surface area contributed by atoms with Gasteiger partial charge in [0, 0.05) is 16.8 Å². The van der Waals surface area contributed by atoms with E-state index < -0.39 is 11.7 Å². The molecular weight excluding hydrogens is 505 g/mol. The predicted molar refractivity (Wildman–Crippen MR) is 138 cm³/mol. The van der Waals surface area contributed by atoms with Crippen molar-refractivity contribution in [1.82, 2.24) is 20.2 Å². The summed E-state index contributed by atoms with van der Waals surface area (Å²) in [4.78, 5) is 12.4. The van der Waals surface area contributed by atoms with E-state index in [1.807, 2.05) is 53.1 Å². The highest BCUT2D eigenvalue weighted by molar-refractivity contribution is 7.99. The van der Waals surface area contributed by atoms with Crippen LogP contribution in [0.2, 0.25) is 5.02 Å². The van der Waals surface area contributed by atoms with Crippen molar-refractivity contribution in [2.24, 2.45) is 5.10 Å². The second-order valence-corrected chi connectivity index (χ2v) is 8.64. The molecule has 1 aromatic heterocycles. The number of amides is 1. The number of benzene rings is 3. The number of hydrogen-bond acceptors (Lipinski definition) is 7. The topological polar surface area (TPSA) is 90.6 Å². The Labute approximate surface area is 216 Å². The van der Waals surface area contributed by atoms with Crippen molar-refractivity contribution in [2.75, 3.05) is 20.0 Å². The first-order chi connectivity index (χ1) is 17.5. The molecule has 0 atom stereocenters. The minimum atomic E-state index is -0.534. The van der Waals surface area contributed by atoms with Crippen molar-refractivity contribution in [3.05, 3.63) is 83.1 Å². The summed E-state index contributed by atoms with van der Waals surface area (Å²) in [6.07, 6.45) is 1.17. The van der Waals surface area contributed by atoms with Crippen LogP contribution in [-0.2, 0) is 4.79 Å². The molecule has 0 fully saturated rings. The zero-order chi connectivity index (χ0) is 25.5. The van der Waals surface area contributed by atoms with E-state index in [0.717, 1.165) is 17.0 Å². The number of nitrogens with one attached hydrogen (secondary N) is 1. The zero-order valence-electron chi connectivity index (χ0n) is 19.3. The third-order valence-corrected chi connectivity index (χ3v) is 6.29. The van der Waals surface area contributed by atoms with Crippen molar-refractivity contribution < 1.29 is 18.7 Å². The highest BCUT2D eigenvalue weighted by atomic mass is 35.5. The van der Waals surface area contributed by atoms with E-state index in [1.165, 1.54) is 36.2 Å². The number of carbonyl (C=O) groups excluding carboxylic acids is 1. The molecule has 4 aromatic rings. The number of hydrazone groups is 1. The van der Waals surface area contributed by atoms with Gasteiger partial charge in [0.05, 0.1) is 31.2 Å². The predicted octanol–water partition coefficient (Wildman–Crippen LogP) is 4.99. The van der Waals surface area contributed by atoms with Gasteiger partial charge in [-0.1, -0.05) is 29.4 Å². The number of carbonyl (C=O) groups is 1. The fourth-order valence-corrected chi connectivity index (χ4v) is 4.18. The van der Waals surface area contributed by atoms with Gasteiger partial charge in [-0.25, -0.2) is 9.82 Å². The summed E-state index contributed by atoms with van der Waals surface area (Å²) in [5.41, 5.74) is 4.09. The number of rotatable bonds is 9. The van der Waals surface area contributed by atoms with Crippen molar-refractivity contribution >= 4 is 35.5 Å². The Morgan fingerprint density at radius 3 is 2.36 bits per heavy atom. The number of aromatic nitrogens is 3. The lowest BCUT2D eigenvalue weighted by molar-refractivity contribution is -0.118. The van der Waals surface area contributed by atoms with Crippen molar-refractivity contribution in [1.29, 1.82) is 0 Å². The van der Waals surface area contributed by atoms with Crippen molar-refractivity contribution in [2.45, 2.75) is 5.16 Å². The van der Waals surface area contributed by atoms with E-state index in [1.54, 1.807) is 14.2 Å². The third kappa shape index (κ3) is 5.84. The standard InChI is InChI=1S/C25H21ClFN5O3S/c1-34-18-10-6-16(7-11-18)24-30-31-25(32(24)17-8-12-19(35-2)13-9-17)36-15-23(33)29-28-14-20-21(26)4-3-5-22(20)27/h3-14H,15H2,1-2H3,(H,29,33)/b28-14+. The van der Waals surface area contributed by atoms with Gasteiger partial charge in [-0.2, -0.15) is 5.10 Å². The van der Waals surface area contributed by atoms with Gasteiger partial charge in [0.25, 0.3) is 5.91 Å². The molecule has 0 radical (unpaired) electrons. The van der Waals surface area contributed by atoms with Crippen LogP contribution in [0.4, 0.5) is 4.39 Å². The summed E-state index contributed by atoms with van der Waals surface area (Å²) < 4.78 is 26.2. The largest absolute Gasteiger partial charge is 0.497 e. The Bertz CT molecular complexity index is 1360. The maximum Gasteiger partial charge on any atom is 0.250 e. The summed E-state index contributed by atoms with van der Waals surface area (Å²) in [6.45, 7) is 0. The van der Waals surface area contributed by atoms with Crippen LogP contribution in [0.3, 0.4) is 0 Å². The van der Waals surface area contributed by atoms with Crippen LogP contribution < -0.4 is 14.9 Å². The summed E-state index contributed by atoms with van der Waals surface area (Å²) in [6, 6.07) is 19.1. The van der Waals surface area contributed by atoms with Gasteiger partial charge in [-0.3, -0.25) is 9.36 Å². The molecule has 3 aromatic carbocycles. The molecule has 0 aliphatic heterocycles. The molecule has 1 N–H and O–H groups in total. The first kappa shape index (κ1) is 25.2. The molecule has 0 bridgehead atoms. The fourth-order valence-electron chi connectivity index (χ4n) is 3.22. The normalized spacial score (nSPS) is 11.0. The minimum Gasteiger partial charge on any atom is -0.497 e. The molecule has 11 heteroatoms. The Balaban J connectivity index is 1.54. The molecule has 1 amide bonds. The van der Waals surface area contributed by atoms with Gasteiger partial charge >= 0.3 is 0 Å². The Morgan fingerprint density at radius 2 is 1.72 bits per heavy atom. The first-order valence-corrected chi connectivity index (χ1v) is 12.0. The molecule has 0 aliphatic rings. The lowest BCUT2D eigenvalue weighted by atomic mass is 10.2.